The molecule has 0 radical (unpaired) electrons. The molecule has 6 heteroatoms. The van der Waals surface area contributed by atoms with Gasteiger partial charge in [0.25, 0.3) is 0 Å². The highest BCUT2D eigenvalue weighted by atomic mass is 35.5. The van der Waals surface area contributed by atoms with Crippen LogP contribution in [0.4, 0.5) is 14.9 Å². The largest absolute Gasteiger partial charge is 0.443 e. The monoisotopic (exact) mass is 288 g/mol. The molecule has 106 valence electrons. The van der Waals surface area contributed by atoms with Crippen LogP contribution in [0.3, 0.4) is 0 Å². The summed E-state index contributed by atoms with van der Waals surface area (Å²) in [7, 11) is 0. The molecule has 1 amide bonds. The standard InChI is InChI=1S/C13H18ClFN2O2/c1-13(2,3)19-12(18)17(8-4-7-15)10-5-6-11(14)16-9-10/h5-6,9H,4,7-8H2,1-3H3. The van der Waals surface area contributed by atoms with Crippen LogP contribution in [0.15, 0.2) is 18.3 Å². The van der Waals surface area contributed by atoms with Gasteiger partial charge < -0.3 is 4.74 Å². The average molecular weight is 289 g/mol. The van der Waals surface area contributed by atoms with Gasteiger partial charge in [-0.2, -0.15) is 0 Å². The third-order valence-electron chi connectivity index (χ3n) is 2.15. The zero-order valence-corrected chi connectivity index (χ0v) is 12.1. The lowest BCUT2D eigenvalue weighted by molar-refractivity contribution is 0.0579. The molecule has 0 aromatic carbocycles. The fourth-order valence-electron chi connectivity index (χ4n) is 1.39. The van der Waals surface area contributed by atoms with Crippen LogP contribution in [0.5, 0.6) is 0 Å². The Morgan fingerprint density at radius 1 is 1.47 bits per heavy atom. The van der Waals surface area contributed by atoms with Gasteiger partial charge in [-0.3, -0.25) is 9.29 Å². The van der Waals surface area contributed by atoms with Gasteiger partial charge in [0.15, 0.2) is 0 Å². The molecule has 0 N–H and O–H groups in total. The number of hydrogen-bond acceptors (Lipinski definition) is 3. The fraction of sp³-hybridized carbons (Fsp3) is 0.538. The Morgan fingerprint density at radius 2 is 2.16 bits per heavy atom. The van der Waals surface area contributed by atoms with Crippen molar-refractivity contribution in [3.8, 4) is 0 Å². The summed E-state index contributed by atoms with van der Waals surface area (Å²) in [4.78, 5) is 17.3. The van der Waals surface area contributed by atoms with Crippen LogP contribution in [0, 0.1) is 0 Å². The number of anilines is 1. The number of halogens is 2. The minimum atomic E-state index is -0.606. The smallest absolute Gasteiger partial charge is 0.414 e. The number of rotatable bonds is 4. The van der Waals surface area contributed by atoms with Crippen molar-refractivity contribution >= 4 is 23.4 Å². The molecule has 0 bridgehead atoms. The number of nitrogens with zero attached hydrogens (tertiary/aromatic N) is 2. The maximum absolute atomic E-state index is 12.3. The molecule has 1 aromatic rings. The van der Waals surface area contributed by atoms with Gasteiger partial charge in [-0.1, -0.05) is 11.6 Å². The van der Waals surface area contributed by atoms with Crippen molar-refractivity contribution in [1.82, 2.24) is 4.98 Å². The molecule has 0 aliphatic heterocycles. The predicted molar refractivity (Wildman–Crippen MR) is 73.4 cm³/mol. The molecular weight excluding hydrogens is 271 g/mol. The first-order valence-corrected chi connectivity index (χ1v) is 6.39. The maximum Gasteiger partial charge on any atom is 0.414 e. The number of carbonyl (C=O) groups is 1. The summed E-state index contributed by atoms with van der Waals surface area (Å²) >= 11 is 5.70. The molecule has 0 aliphatic rings. The third-order valence-corrected chi connectivity index (χ3v) is 2.38. The highest BCUT2D eigenvalue weighted by molar-refractivity contribution is 6.29. The fourth-order valence-corrected chi connectivity index (χ4v) is 1.50. The predicted octanol–water partition coefficient (Wildman–Crippen LogP) is 3.84. The Labute approximate surface area is 117 Å². The van der Waals surface area contributed by atoms with Crippen molar-refractivity contribution in [1.29, 1.82) is 0 Å². The molecule has 0 spiro atoms. The minimum Gasteiger partial charge on any atom is -0.443 e. The number of ether oxygens (including phenoxy) is 1. The summed E-state index contributed by atoms with van der Waals surface area (Å²) in [5.41, 5.74) is -0.0719. The van der Waals surface area contributed by atoms with Gasteiger partial charge in [-0.05, 0) is 39.3 Å². The average Bonchev–Trinajstić information content (AvgIpc) is 2.29. The summed E-state index contributed by atoms with van der Waals surface area (Å²) < 4.78 is 17.6. The number of carbonyl (C=O) groups excluding carboxylic acids is 1. The van der Waals surface area contributed by atoms with E-state index in [-0.39, 0.29) is 13.0 Å². The Bertz CT molecular complexity index is 418. The normalized spacial score (nSPS) is 11.2. The van der Waals surface area contributed by atoms with E-state index in [1.807, 2.05) is 0 Å². The van der Waals surface area contributed by atoms with Gasteiger partial charge >= 0.3 is 6.09 Å². The molecule has 0 unspecified atom stereocenters. The van der Waals surface area contributed by atoms with Crippen molar-refractivity contribution in [3.05, 3.63) is 23.5 Å². The summed E-state index contributed by atoms with van der Waals surface area (Å²) in [6, 6.07) is 3.22. The number of pyridine rings is 1. The lowest BCUT2D eigenvalue weighted by atomic mass is 10.2. The minimum absolute atomic E-state index is 0.231. The lowest BCUT2D eigenvalue weighted by Gasteiger charge is -2.27. The van der Waals surface area contributed by atoms with Crippen LogP contribution >= 0.6 is 11.6 Å². The van der Waals surface area contributed by atoms with Gasteiger partial charge in [0, 0.05) is 6.54 Å². The summed E-state index contributed by atoms with van der Waals surface area (Å²) in [6.45, 7) is 5.06. The van der Waals surface area contributed by atoms with Crippen LogP contribution < -0.4 is 4.90 Å². The first-order chi connectivity index (χ1) is 8.83. The van der Waals surface area contributed by atoms with Crippen LogP contribution in [-0.4, -0.2) is 29.9 Å². The van der Waals surface area contributed by atoms with E-state index < -0.39 is 18.4 Å². The molecule has 0 atom stereocenters. The molecule has 1 aromatic heterocycles. The molecule has 0 aliphatic carbocycles. The first kappa shape index (κ1) is 15.7. The second-order valence-corrected chi connectivity index (χ2v) is 5.40. The maximum atomic E-state index is 12.3. The highest BCUT2D eigenvalue weighted by Gasteiger charge is 2.23. The quantitative estimate of drug-likeness (QED) is 0.791. The van der Waals surface area contributed by atoms with Gasteiger partial charge in [0.05, 0.1) is 18.6 Å². The third kappa shape index (κ3) is 5.42. The van der Waals surface area contributed by atoms with Gasteiger partial charge in [0.1, 0.15) is 10.8 Å². The summed E-state index contributed by atoms with van der Waals surface area (Å²) in [5, 5.41) is 0.332. The van der Waals surface area contributed by atoms with Crippen molar-refractivity contribution < 1.29 is 13.9 Å². The zero-order valence-electron chi connectivity index (χ0n) is 11.3. The van der Waals surface area contributed by atoms with Crippen molar-refractivity contribution in [2.75, 3.05) is 18.1 Å². The second kappa shape index (κ2) is 6.70. The molecule has 0 saturated carbocycles. The lowest BCUT2D eigenvalue weighted by Crippen LogP contribution is -2.37. The van der Waals surface area contributed by atoms with Crippen LogP contribution in [0.1, 0.15) is 27.2 Å². The highest BCUT2D eigenvalue weighted by Crippen LogP contribution is 2.19. The van der Waals surface area contributed by atoms with E-state index in [0.717, 1.165) is 0 Å². The molecule has 4 nitrogen and oxygen atoms in total. The molecular formula is C13H18ClFN2O2. The summed E-state index contributed by atoms with van der Waals surface area (Å²) in [6.07, 6.45) is 1.18. The Morgan fingerprint density at radius 3 is 2.63 bits per heavy atom. The molecule has 0 saturated heterocycles. The van der Waals surface area contributed by atoms with Gasteiger partial charge in [-0.25, -0.2) is 9.78 Å². The van der Waals surface area contributed by atoms with Crippen LogP contribution in [0.2, 0.25) is 5.15 Å². The Balaban J connectivity index is 2.87. The number of amides is 1. The van der Waals surface area contributed by atoms with Crippen LogP contribution in [0.25, 0.3) is 0 Å². The van der Waals surface area contributed by atoms with E-state index >= 15 is 0 Å². The van der Waals surface area contributed by atoms with E-state index in [1.165, 1.54) is 11.1 Å². The number of hydrogen-bond donors (Lipinski definition) is 0. The van der Waals surface area contributed by atoms with Crippen molar-refractivity contribution in [2.24, 2.45) is 0 Å². The molecule has 1 rings (SSSR count). The van der Waals surface area contributed by atoms with Crippen molar-refractivity contribution in [3.63, 3.8) is 0 Å². The van der Waals surface area contributed by atoms with Gasteiger partial charge in [-0.15, -0.1) is 0 Å². The summed E-state index contributed by atoms with van der Waals surface area (Å²) in [5.74, 6) is 0. The zero-order chi connectivity index (χ0) is 14.5. The number of alkyl halides is 1. The van der Waals surface area contributed by atoms with Crippen LogP contribution in [-0.2, 0) is 4.74 Å². The van der Waals surface area contributed by atoms with Crippen molar-refractivity contribution in [2.45, 2.75) is 32.8 Å². The molecule has 0 fully saturated rings. The van der Waals surface area contributed by atoms with E-state index in [0.29, 0.717) is 10.8 Å². The topological polar surface area (TPSA) is 42.4 Å². The van der Waals surface area contributed by atoms with E-state index in [1.54, 1.807) is 32.9 Å². The Hall–Kier alpha value is -1.36. The second-order valence-electron chi connectivity index (χ2n) is 5.01. The van der Waals surface area contributed by atoms with E-state index in [4.69, 9.17) is 16.3 Å². The first-order valence-electron chi connectivity index (χ1n) is 6.01. The Kier molecular flexibility index (Phi) is 5.54. The van der Waals surface area contributed by atoms with E-state index in [2.05, 4.69) is 4.98 Å². The van der Waals surface area contributed by atoms with Gasteiger partial charge in [0.2, 0.25) is 0 Å². The number of aromatic nitrogens is 1. The molecule has 19 heavy (non-hydrogen) atoms. The van der Waals surface area contributed by atoms with E-state index in [9.17, 15) is 9.18 Å². The molecule has 1 heterocycles. The SMILES string of the molecule is CC(C)(C)OC(=O)N(CCCF)c1ccc(Cl)nc1.